The molecule has 0 spiro atoms. The Morgan fingerprint density at radius 2 is 2.46 bits per heavy atom. The van der Waals surface area contributed by atoms with Gasteiger partial charge in [0.15, 0.2) is 0 Å². The highest BCUT2D eigenvalue weighted by atomic mass is 35.5. The third-order valence-corrected chi connectivity index (χ3v) is 2.58. The smallest absolute Gasteiger partial charge is 0.131 e. The zero-order chi connectivity index (χ0) is 9.26. The first-order valence-corrected chi connectivity index (χ1v) is 4.79. The molecule has 1 aliphatic rings. The van der Waals surface area contributed by atoms with E-state index in [-0.39, 0.29) is 0 Å². The molecule has 2 heterocycles. The Kier molecular flexibility index (Phi) is 2.38. The first kappa shape index (κ1) is 8.78. The SMILES string of the molecule is Nc1cc(Cl)ncc1[C@@H]1CCCN1. The van der Waals surface area contributed by atoms with Crippen molar-refractivity contribution in [3.05, 3.63) is 23.0 Å². The third kappa shape index (κ3) is 1.76. The minimum Gasteiger partial charge on any atom is -0.398 e. The van der Waals surface area contributed by atoms with Gasteiger partial charge in [-0.1, -0.05) is 11.6 Å². The van der Waals surface area contributed by atoms with Crippen molar-refractivity contribution in [1.82, 2.24) is 10.3 Å². The Bertz CT molecular complexity index is 308. The summed E-state index contributed by atoms with van der Waals surface area (Å²) in [4.78, 5) is 4.03. The summed E-state index contributed by atoms with van der Waals surface area (Å²) in [5.74, 6) is 0. The van der Waals surface area contributed by atoms with Gasteiger partial charge in [0.1, 0.15) is 5.15 Å². The molecule has 3 N–H and O–H groups in total. The quantitative estimate of drug-likeness (QED) is 0.675. The summed E-state index contributed by atoms with van der Waals surface area (Å²) in [7, 11) is 0. The van der Waals surface area contributed by atoms with E-state index in [2.05, 4.69) is 10.3 Å². The summed E-state index contributed by atoms with van der Waals surface area (Å²) in [6.45, 7) is 1.06. The van der Waals surface area contributed by atoms with Crippen LogP contribution in [0.1, 0.15) is 24.4 Å². The van der Waals surface area contributed by atoms with E-state index in [0.717, 1.165) is 24.2 Å². The van der Waals surface area contributed by atoms with Crippen LogP contribution in [-0.2, 0) is 0 Å². The van der Waals surface area contributed by atoms with Gasteiger partial charge in [0.05, 0.1) is 0 Å². The minimum atomic E-state index is 0.366. The molecule has 13 heavy (non-hydrogen) atoms. The fraction of sp³-hybridized carbons (Fsp3) is 0.444. The van der Waals surface area contributed by atoms with Crippen LogP contribution in [0.2, 0.25) is 5.15 Å². The van der Waals surface area contributed by atoms with Crippen molar-refractivity contribution in [3.63, 3.8) is 0 Å². The normalized spacial score (nSPS) is 22.1. The van der Waals surface area contributed by atoms with Crippen LogP contribution in [0.5, 0.6) is 0 Å². The molecule has 3 nitrogen and oxygen atoms in total. The molecule has 0 radical (unpaired) electrons. The summed E-state index contributed by atoms with van der Waals surface area (Å²) in [6, 6.07) is 2.07. The molecule has 1 aromatic heterocycles. The van der Waals surface area contributed by atoms with Gasteiger partial charge >= 0.3 is 0 Å². The van der Waals surface area contributed by atoms with Gasteiger partial charge in [0.25, 0.3) is 0 Å². The number of nitrogens with two attached hydrogens (primary N) is 1. The van der Waals surface area contributed by atoms with Crippen molar-refractivity contribution in [2.45, 2.75) is 18.9 Å². The number of nitrogen functional groups attached to an aromatic ring is 1. The number of rotatable bonds is 1. The maximum absolute atomic E-state index is 5.84. The van der Waals surface area contributed by atoms with Crippen LogP contribution in [-0.4, -0.2) is 11.5 Å². The highest BCUT2D eigenvalue weighted by Crippen LogP contribution is 2.27. The number of nitrogens with one attached hydrogen (secondary N) is 1. The largest absolute Gasteiger partial charge is 0.398 e. The predicted octanol–water partition coefficient (Wildman–Crippen LogP) is 1.74. The van der Waals surface area contributed by atoms with Crippen molar-refractivity contribution in [2.75, 3.05) is 12.3 Å². The second kappa shape index (κ2) is 3.52. The van der Waals surface area contributed by atoms with E-state index in [1.807, 2.05) is 0 Å². The molecule has 70 valence electrons. The molecule has 1 saturated heterocycles. The van der Waals surface area contributed by atoms with E-state index in [1.54, 1.807) is 12.3 Å². The minimum absolute atomic E-state index is 0.366. The van der Waals surface area contributed by atoms with E-state index < -0.39 is 0 Å². The lowest BCUT2D eigenvalue weighted by Crippen LogP contribution is -2.14. The summed E-state index contributed by atoms with van der Waals surface area (Å²) in [5.41, 5.74) is 7.64. The number of aromatic nitrogens is 1. The summed E-state index contributed by atoms with van der Waals surface area (Å²) >= 11 is 5.71. The van der Waals surface area contributed by atoms with Gasteiger partial charge in [-0.05, 0) is 25.5 Å². The summed E-state index contributed by atoms with van der Waals surface area (Å²) < 4.78 is 0. The van der Waals surface area contributed by atoms with Gasteiger partial charge in [0, 0.05) is 23.5 Å². The van der Waals surface area contributed by atoms with Crippen molar-refractivity contribution in [1.29, 1.82) is 0 Å². The van der Waals surface area contributed by atoms with E-state index in [9.17, 15) is 0 Å². The monoisotopic (exact) mass is 197 g/mol. The van der Waals surface area contributed by atoms with Crippen molar-refractivity contribution >= 4 is 17.3 Å². The third-order valence-electron chi connectivity index (χ3n) is 2.37. The Labute approximate surface area is 82.3 Å². The average molecular weight is 198 g/mol. The molecule has 0 aliphatic carbocycles. The standard InChI is InChI=1S/C9H12ClN3/c10-9-4-7(11)6(5-13-9)8-2-1-3-12-8/h4-5,8,12H,1-3H2,(H2,11,13)/t8-/m0/s1. The van der Waals surface area contributed by atoms with Gasteiger partial charge in [-0.25, -0.2) is 4.98 Å². The van der Waals surface area contributed by atoms with Crippen LogP contribution < -0.4 is 11.1 Å². The van der Waals surface area contributed by atoms with Crippen LogP contribution in [0.4, 0.5) is 5.69 Å². The van der Waals surface area contributed by atoms with Crippen LogP contribution in [0, 0.1) is 0 Å². The first-order valence-electron chi connectivity index (χ1n) is 4.41. The second-order valence-corrected chi connectivity index (χ2v) is 3.67. The molecule has 0 unspecified atom stereocenters. The summed E-state index contributed by atoms with van der Waals surface area (Å²) in [6.07, 6.45) is 4.10. The fourth-order valence-electron chi connectivity index (χ4n) is 1.70. The first-order chi connectivity index (χ1) is 6.27. The maximum Gasteiger partial charge on any atom is 0.131 e. The zero-order valence-corrected chi connectivity index (χ0v) is 8.01. The Morgan fingerprint density at radius 1 is 1.62 bits per heavy atom. The number of nitrogens with zero attached hydrogens (tertiary/aromatic N) is 1. The molecule has 1 aliphatic heterocycles. The van der Waals surface area contributed by atoms with Crippen molar-refractivity contribution in [2.24, 2.45) is 0 Å². The molecular weight excluding hydrogens is 186 g/mol. The van der Waals surface area contributed by atoms with Gasteiger partial charge in [-0.2, -0.15) is 0 Å². The van der Waals surface area contributed by atoms with Gasteiger partial charge in [-0.15, -0.1) is 0 Å². The lowest BCUT2D eigenvalue weighted by Gasteiger charge is -2.12. The number of hydrogen-bond donors (Lipinski definition) is 2. The van der Waals surface area contributed by atoms with E-state index in [0.29, 0.717) is 11.2 Å². The molecule has 1 atom stereocenters. The number of pyridine rings is 1. The molecule has 2 rings (SSSR count). The topological polar surface area (TPSA) is 50.9 Å². The highest BCUT2D eigenvalue weighted by Gasteiger charge is 2.18. The molecule has 4 heteroatoms. The van der Waals surface area contributed by atoms with Crippen molar-refractivity contribution in [3.8, 4) is 0 Å². The van der Waals surface area contributed by atoms with Crippen LogP contribution in [0.25, 0.3) is 0 Å². The van der Waals surface area contributed by atoms with E-state index >= 15 is 0 Å². The lowest BCUT2D eigenvalue weighted by atomic mass is 10.1. The molecule has 0 amide bonds. The second-order valence-electron chi connectivity index (χ2n) is 3.28. The van der Waals surface area contributed by atoms with Gasteiger partial charge < -0.3 is 11.1 Å². The molecule has 0 aromatic carbocycles. The Hall–Kier alpha value is -0.800. The van der Waals surface area contributed by atoms with Crippen LogP contribution >= 0.6 is 11.6 Å². The molecule has 1 fully saturated rings. The molecule has 1 aromatic rings. The van der Waals surface area contributed by atoms with Crippen LogP contribution in [0.15, 0.2) is 12.3 Å². The molecule has 0 saturated carbocycles. The Morgan fingerprint density at radius 3 is 3.08 bits per heavy atom. The molecular formula is C9H12ClN3. The highest BCUT2D eigenvalue weighted by molar-refractivity contribution is 6.29. The number of halogens is 1. The Balaban J connectivity index is 2.29. The maximum atomic E-state index is 5.84. The van der Waals surface area contributed by atoms with Crippen LogP contribution in [0.3, 0.4) is 0 Å². The van der Waals surface area contributed by atoms with Gasteiger partial charge in [-0.3, -0.25) is 0 Å². The zero-order valence-electron chi connectivity index (χ0n) is 7.26. The fourth-order valence-corrected chi connectivity index (χ4v) is 1.86. The van der Waals surface area contributed by atoms with E-state index in [4.69, 9.17) is 17.3 Å². The number of anilines is 1. The lowest BCUT2D eigenvalue weighted by molar-refractivity contribution is 0.647. The van der Waals surface area contributed by atoms with Crippen molar-refractivity contribution < 1.29 is 0 Å². The average Bonchev–Trinajstić information content (AvgIpc) is 2.56. The van der Waals surface area contributed by atoms with Gasteiger partial charge in [0.2, 0.25) is 0 Å². The number of hydrogen-bond acceptors (Lipinski definition) is 3. The van der Waals surface area contributed by atoms with E-state index in [1.165, 1.54) is 6.42 Å². The summed E-state index contributed by atoms with van der Waals surface area (Å²) in [5, 5.41) is 3.83. The molecule has 0 bridgehead atoms. The predicted molar refractivity (Wildman–Crippen MR) is 53.6 cm³/mol.